The van der Waals surface area contributed by atoms with Crippen molar-refractivity contribution in [1.29, 1.82) is 0 Å². The van der Waals surface area contributed by atoms with Crippen molar-refractivity contribution in [2.45, 2.75) is 18.7 Å². The molecule has 0 unspecified atom stereocenters. The molecule has 16 heavy (non-hydrogen) atoms. The average Bonchev–Trinajstić information content (AvgIpc) is 2.27. The molecule has 0 aliphatic rings. The molecule has 0 aliphatic heterocycles. The number of carbonyl (C=O) groups excluding carboxylic acids is 1. The Bertz CT molecular complexity index is 503. The number of rotatable bonds is 3. The maximum absolute atomic E-state index is 11.7. The molecule has 0 saturated carbocycles. The van der Waals surface area contributed by atoms with Crippen LogP contribution < -0.4 is 0 Å². The molecule has 0 aromatic heterocycles. The fourth-order valence-electron chi connectivity index (χ4n) is 1.34. The topological polar surface area (TPSA) is 60.4 Å². The third-order valence-corrected chi connectivity index (χ3v) is 4.04. The van der Waals surface area contributed by atoms with Crippen molar-refractivity contribution in [1.82, 2.24) is 0 Å². The van der Waals surface area contributed by atoms with Crippen LogP contribution >= 0.6 is 0 Å². The number of hydrogen-bond donors (Lipinski definition) is 0. The number of ether oxygens (including phenoxy) is 1. The Morgan fingerprint density at radius 1 is 1.38 bits per heavy atom. The third-order valence-electron chi connectivity index (χ3n) is 2.26. The summed E-state index contributed by atoms with van der Waals surface area (Å²) in [5.74, 6) is -0.671. The zero-order valence-electron chi connectivity index (χ0n) is 9.48. The second kappa shape index (κ2) is 4.65. The molecule has 0 spiro atoms. The summed E-state index contributed by atoms with van der Waals surface area (Å²) in [6.45, 7) is 3.32. The first-order valence-electron chi connectivity index (χ1n) is 4.84. The van der Waals surface area contributed by atoms with Crippen molar-refractivity contribution in [3.63, 3.8) is 0 Å². The van der Waals surface area contributed by atoms with Crippen LogP contribution in [0.4, 0.5) is 0 Å². The molecule has 4 nitrogen and oxygen atoms in total. The van der Waals surface area contributed by atoms with Gasteiger partial charge in [0.25, 0.3) is 0 Å². The number of esters is 1. The summed E-state index contributed by atoms with van der Waals surface area (Å²) >= 11 is 0. The predicted octanol–water partition coefficient (Wildman–Crippen LogP) is 1.58. The highest BCUT2D eigenvalue weighted by atomic mass is 32.2. The second-order valence-electron chi connectivity index (χ2n) is 3.39. The van der Waals surface area contributed by atoms with Crippen LogP contribution in [0.1, 0.15) is 22.8 Å². The van der Waals surface area contributed by atoms with Gasteiger partial charge < -0.3 is 4.74 Å². The van der Waals surface area contributed by atoms with E-state index >= 15 is 0 Å². The lowest BCUT2D eigenvalue weighted by molar-refractivity contribution is 0.0596. The number of aryl methyl sites for hydroxylation is 1. The summed E-state index contributed by atoms with van der Waals surface area (Å²) in [6, 6.07) is 4.63. The van der Waals surface area contributed by atoms with Crippen LogP contribution in [0.3, 0.4) is 0 Å². The van der Waals surface area contributed by atoms with Gasteiger partial charge in [0.1, 0.15) is 0 Å². The van der Waals surface area contributed by atoms with E-state index in [4.69, 9.17) is 0 Å². The summed E-state index contributed by atoms with van der Waals surface area (Å²) in [6.07, 6.45) is 0. The Morgan fingerprint density at radius 3 is 2.50 bits per heavy atom. The molecule has 1 aromatic rings. The van der Waals surface area contributed by atoms with Gasteiger partial charge in [0.05, 0.1) is 23.3 Å². The van der Waals surface area contributed by atoms with E-state index in [9.17, 15) is 13.2 Å². The van der Waals surface area contributed by atoms with Crippen molar-refractivity contribution in [2.24, 2.45) is 0 Å². The molecule has 0 bridgehead atoms. The van der Waals surface area contributed by atoms with Gasteiger partial charge in [0.2, 0.25) is 0 Å². The number of benzene rings is 1. The van der Waals surface area contributed by atoms with Gasteiger partial charge >= 0.3 is 5.97 Å². The standard InChI is InChI=1S/C11H14O4S/c1-4-16(13,14)10-6-5-8(2)7-9(10)11(12)15-3/h5-7H,4H2,1-3H3. The van der Waals surface area contributed by atoms with Gasteiger partial charge in [0, 0.05) is 0 Å². The van der Waals surface area contributed by atoms with Gasteiger partial charge in [-0.25, -0.2) is 13.2 Å². The fourth-order valence-corrected chi connectivity index (χ4v) is 2.40. The lowest BCUT2D eigenvalue weighted by atomic mass is 10.1. The molecule has 0 atom stereocenters. The third kappa shape index (κ3) is 2.41. The van der Waals surface area contributed by atoms with Crippen molar-refractivity contribution in [2.75, 3.05) is 12.9 Å². The summed E-state index contributed by atoms with van der Waals surface area (Å²) in [5.41, 5.74) is 0.916. The summed E-state index contributed by atoms with van der Waals surface area (Å²) in [7, 11) is -2.17. The van der Waals surface area contributed by atoms with Gasteiger partial charge in [-0.2, -0.15) is 0 Å². The highest BCUT2D eigenvalue weighted by Gasteiger charge is 2.21. The van der Waals surface area contributed by atoms with Gasteiger partial charge in [-0.3, -0.25) is 0 Å². The van der Waals surface area contributed by atoms with E-state index in [1.165, 1.54) is 26.2 Å². The van der Waals surface area contributed by atoms with E-state index in [1.54, 1.807) is 13.0 Å². The normalized spacial score (nSPS) is 11.2. The molecule has 1 aromatic carbocycles. The maximum atomic E-state index is 11.7. The van der Waals surface area contributed by atoms with Gasteiger partial charge in [0.15, 0.2) is 9.84 Å². The Hall–Kier alpha value is -1.36. The molecular formula is C11H14O4S. The Labute approximate surface area is 95.2 Å². The first kappa shape index (κ1) is 12.7. The molecule has 88 valence electrons. The molecule has 0 heterocycles. The number of methoxy groups -OCH3 is 1. The molecule has 0 saturated heterocycles. The molecule has 1 rings (SSSR count). The Morgan fingerprint density at radius 2 is 2.00 bits per heavy atom. The SMILES string of the molecule is CCS(=O)(=O)c1ccc(C)cc1C(=O)OC. The summed E-state index contributed by atoms with van der Waals surface area (Å²) in [4.78, 5) is 11.5. The lowest BCUT2D eigenvalue weighted by Gasteiger charge is -2.08. The van der Waals surface area contributed by atoms with E-state index in [0.29, 0.717) is 0 Å². The van der Waals surface area contributed by atoms with Crippen molar-refractivity contribution < 1.29 is 17.9 Å². The molecule has 0 aliphatic carbocycles. The summed E-state index contributed by atoms with van der Waals surface area (Å²) in [5, 5.41) is 0. The van der Waals surface area contributed by atoms with Crippen molar-refractivity contribution in [3.05, 3.63) is 29.3 Å². The zero-order chi connectivity index (χ0) is 12.3. The largest absolute Gasteiger partial charge is 0.465 e. The van der Waals surface area contributed by atoms with Crippen LogP contribution in [0.15, 0.2) is 23.1 Å². The second-order valence-corrected chi connectivity index (χ2v) is 5.64. The highest BCUT2D eigenvalue weighted by Crippen LogP contribution is 2.19. The van der Waals surface area contributed by atoms with Crippen molar-refractivity contribution in [3.8, 4) is 0 Å². The zero-order valence-corrected chi connectivity index (χ0v) is 10.3. The molecule has 0 radical (unpaired) electrons. The number of carbonyl (C=O) groups is 1. The minimum absolute atomic E-state index is 0.0347. The predicted molar refractivity (Wildman–Crippen MR) is 60.2 cm³/mol. The summed E-state index contributed by atoms with van der Waals surface area (Å²) < 4.78 is 28.1. The molecular weight excluding hydrogens is 228 g/mol. The van der Waals surface area contributed by atoms with Crippen LogP contribution in [-0.2, 0) is 14.6 Å². The van der Waals surface area contributed by atoms with E-state index in [-0.39, 0.29) is 16.2 Å². The van der Waals surface area contributed by atoms with E-state index in [0.717, 1.165) is 5.56 Å². The van der Waals surface area contributed by atoms with E-state index in [1.807, 2.05) is 0 Å². The van der Waals surface area contributed by atoms with Crippen LogP contribution in [0.2, 0.25) is 0 Å². The first-order valence-corrected chi connectivity index (χ1v) is 6.49. The minimum atomic E-state index is -3.40. The van der Waals surface area contributed by atoms with E-state index in [2.05, 4.69) is 4.74 Å². The van der Waals surface area contributed by atoms with Crippen molar-refractivity contribution >= 4 is 15.8 Å². The van der Waals surface area contributed by atoms with Crippen LogP contribution in [-0.4, -0.2) is 27.2 Å². The Balaban J connectivity index is 3.46. The van der Waals surface area contributed by atoms with E-state index < -0.39 is 15.8 Å². The monoisotopic (exact) mass is 242 g/mol. The van der Waals surface area contributed by atoms with Gasteiger partial charge in [-0.05, 0) is 19.1 Å². The van der Waals surface area contributed by atoms with Gasteiger partial charge in [-0.1, -0.05) is 18.6 Å². The molecule has 0 N–H and O–H groups in total. The fraction of sp³-hybridized carbons (Fsp3) is 0.364. The molecule has 0 amide bonds. The maximum Gasteiger partial charge on any atom is 0.339 e. The molecule has 5 heteroatoms. The number of hydrogen-bond acceptors (Lipinski definition) is 4. The van der Waals surface area contributed by atoms with Crippen LogP contribution in [0.5, 0.6) is 0 Å². The smallest absolute Gasteiger partial charge is 0.339 e. The average molecular weight is 242 g/mol. The Kier molecular flexibility index (Phi) is 3.70. The lowest BCUT2D eigenvalue weighted by Crippen LogP contribution is -2.12. The highest BCUT2D eigenvalue weighted by molar-refractivity contribution is 7.91. The minimum Gasteiger partial charge on any atom is -0.465 e. The first-order chi connectivity index (χ1) is 7.42. The van der Waals surface area contributed by atoms with Crippen LogP contribution in [0.25, 0.3) is 0 Å². The quantitative estimate of drug-likeness (QED) is 0.755. The van der Waals surface area contributed by atoms with Crippen LogP contribution in [0, 0.1) is 6.92 Å². The molecule has 0 fully saturated rings. The van der Waals surface area contributed by atoms with Gasteiger partial charge in [-0.15, -0.1) is 0 Å². The number of sulfone groups is 1.